The molecule has 0 radical (unpaired) electrons. The average molecular weight is 304 g/mol. The minimum atomic E-state index is -3.63. The molecule has 86 valence electrons. The molecule has 0 spiro atoms. The first-order valence-electron chi connectivity index (χ1n) is 4.29. The van der Waals surface area contributed by atoms with Gasteiger partial charge < -0.3 is 5.73 Å². The fourth-order valence-electron chi connectivity index (χ4n) is 1.06. The van der Waals surface area contributed by atoms with E-state index in [1.54, 1.807) is 12.1 Å². The molecule has 0 bridgehead atoms. The number of halogens is 1. The molecule has 0 aliphatic carbocycles. The molecule has 16 heavy (non-hydrogen) atoms. The summed E-state index contributed by atoms with van der Waals surface area (Å²) >= 11 is 3.22. The zero-order chi connectivity index (χ0) is 12.3. The summed E-state index contributed by atoms with van der Waals surface area (Å²) in [5.74, 6) is -0.590. The number of nitrogen functional groups attached to an aromatic ring is 1. The predicted molar refractivity (Wildman–Crippen MR) is 66.3 cm³/mol. The smallest absolute Gasteiger partial charge is 0.246 e. The van der Waals surface area contributed by atoms with Gasteiger partial charge in [0.05, 0.1) is 11.8 Å². The van der Waals surface area contributed by atoms with Crippen LogP contribution < -0.4 is 10.5 Å². The summed E-state index contributed by atoms with van der Waals surface area (Å²) < 4.78 is 25.6. The zero-order valence-electron chi connectivity index (χ0n) is 8.49. The van der Waals surface area contributed by atoms with Gasteiger partial charge in [0.1, 0.15) is 0 Å². The highest BCUT2D eigenvalue weighted by atomic mass is 79.9. The normalized spacial score (nSPS) is 10.8. The van der Waals surface area contributed by atoms with Crippen molar-refractivity contribution in [1.29, 1.82) is 5.26 Å². The molecule has 0 aromatic heterocycles. The first kappa shape index (κ1) is 12.8. The minimum absolute atomic E-state index is 0.332. The second kappa shape index (κ2) is 4.72. The quantitative estimate of drug-likeness (QED) is 0.829. The Morgan fingerprint density at radius 3 is 2.75 bits per heavy atom. The van der Waals surface area contributed by atoms with E-state index in [1.165, 1.54) is 6.07 Å². The lowest BCUT2D eigenvalue weighted by Gasteiger charge is -2.10. The van der Waals surface area contributed by atoms with Crippen molar-refractivity contribution in [2.45, 2.75) is 6.92 Å². The third kappa shape index (κ3) is 3.12. The van der Waals surface area contributed by atoms with Crippen LogP contribution in [0.15, 0.2) is 16.6 Å². The van der Waals surface area contributed by atoms with Gasteiger partial charge in [-0.1, -0.05) is 0 Å². The third-order valence-electron chi connectivity index (χ3n) is 1.88. The maximum atomic E-state index is 11.4. The largest absolute Gasteiger partial charge is 0.398 e. The summed E-state index contributed by atoms with van der Waals surface area (Å²) in [4.78, 5) is 0. The first-order chi connectivity index (χ1) is 7.35. The summed E-state index contributed by atoms with van der Waals surface area (Å²) in [6.45, 7) is 1.81. The molecule has 7 heteroatoms. The van der Waals surface area contributed by atoms with Crippen LogP contribution in [0, 0.1) is 18.3 Å². The molecule has 1 rings (SSSR count). The fourth-order valence-corrected chi connectivity index (χ4v) is 2.49. The molecule has 0 fully saturated rings. The Bertz CT molecular complexity index is 549. The molecule has 0 saturated carbocycles. The molecule has 0 saturated heterocycles. The summed E-state index contributed by atoms with van der Waals surface area (Å²) in [5.41, 5.74) is 7.32. The van der Waals surface area contributed by atoms with Gasteiger partial charge in [0.25, 0.3) is 0 Å². The van der Waals surface area contributed by atoms with Crippen molar-refractivity contribution in [1.82, 2.24) is 0 Å². The second-order valence-corrected chi connectivity index (χ2v) is 5.78. The van der Waals surface area contributed by atoms with E-state index in [0.29, 0.717) is 15.8 Å². The van der Waals surface area contributed by atoms with Gasteiger partial charge in [0.15, 0.2) is 5.75 Å². The van der Waals surface area contributed by atoms with Crippen LogP contribution in [-0.2, 0) is 10.0 Å². The Kier molecular flexibility index (Phi) is 3.78. The van der Waals surface area contributed by atoms with Crippen LogP contribution in [0.25, 0.3) is 0 Å². The average Bonchev–Trinajstić information content (AvgIpc) is 2.13. The zero-order valence-corrected chi connectivity index (χ0v) is 10.9. The molecule has 0 amide bonds. The topological polar surface area (TPSA) is 96.0 Å². The number of hydrogen-bond acceptors (Lipinski definition) is 4. The van der Waals surface area contributed by atoms with E-state index in [4.69, 9.17) is 11.0 Å². The maximum absolute atomic E-state index is 11.4. The molecule has 0 aliphatic rings. The van der Waals surface area contributed by atoms with E-state index in [9.17, 15) is 8.42 Å². The summed E-state index contributed by atoms with van der Waals surface area (Å²) in [7, 11) is -3.63. The number of nitriles is 1. The Hall–Kier alpha value is -1.26. The molecule has 0 aliphatic heterocycles. The van der Waals surface area contributed by atoms with Crippen molar-refractivity contribution in [3.63, 3.8) is 0 Å². The van der Waals surface area contributed by atoms with Gasteiger partial charge in [-0.3, -0.25) is 4.72 Å². The minimum Gasteiger partial charge on any atom is -0.398 e. The molecule has 3 N–H and O–H groups in total. The van der Waals surface area contributed by atoms with Gasteiger partial charge in [-0.15, -0.1) is 0 Å². The fraction of sp³-hybridized carbons (Fsp3) is 0.222. The molecular weight excluding hydrogens is 294 g/mol. The Morgan fingerprint density at radius 1 is 1.56 bits per heavy atom. The molecule has 0 atom stereocenters. The molecule has 1 aromatic carbocycles. The van der Waals surface area contributed by atoms with Gasteiger partial charge >= 0.3 is 0 Å². The number of hydrogen-bond donors (Lipinski definition) is 2. The van der Waals surface area contributed by atoms with E-state index >= 15 is 0 Å². The number of nitrogens with zero attached hydrogens (tertiary/aromatic N) is 1. The lowest BCUT2D eigenvalue weighted by Crippen LogP contribution is -2.16. The summed E-state index contributed by atoms with van der Waals surface area (Å²) in [6.07, 6.45) is 0. The highest BCUT2D eigenvalue weighted by Crippen LogP contribution is 2.28. The van der Waals surface area contributed by atoms with E-state index < -0.39 is 15.8 Å². The van der Waals surface area contributed by atoms with E-state index in [1.807, 2.05) is 6.92 Å². The number of rotatable bonds is 3. The predicted octanol–water partition coefficient (Wildman–Crippen LogP) is 1.60. The van der Waals surface area contributed by atoms with Crippen molar-refractivity contribution in [2.75, 3.05) is 16.2 Å². The van der Waals surface area contributed by atoms with E-state index in [-0.39, 0.29) is 0 Å². The molecular formula is C9H10BrN3O2S. The molecule has 1 aromatic rings. The SMILES string of the molecule is Cc1cc(Br)c(NS(=O)(=O)CC#N)cc1N. The van der Waals surface area contributed by atoms with Crippen molar-refractivity contribution in [2.24, 2.45) is 0 Å². The van der Waals surface area contributed by atoms with Gasteiger partial charge in [-0.05, 0) is 40.5 Å². The van der Waals surface area contributed by atoms with Gasteiger partial charge in [-0.25, -0.2) is 8.42 Å². The standard InChI is InChI=1S/C9H10BrN3O2S/c1-6-4-7(10)9(5-8(6)12)13-16(14,15)3-2-11/h4-5,13H,3,12H2,1H3. The van der Waals surface area contributed by atoms with Crippen LogP contribution in [0.2, 0.25) is 0 Å². The van der Waals surface area contributed by atoms with Crippen molar-refractivity contribution >= 4 is 37.3 Å². The number of nitrogens with one attached hydrogen (secondary N) is 1. The summed E-state index contributed by atoms with van der Waals surface area (Å²) in [6, 6.07) is 4.79. The van der Waals surface area contributed by atoms with E-state index in [0.717, 1.165) is 5.56 Å². The third-order valence-corrected chi connectivity index (χ3v) is 3.57. The van der Waals surface area contributed by atoms with Crippen molar-refractivity contribution in [3.05, 3.63) is 22.2 Å². The Labute approximate surface area is 102 Å². The van der Waals surface area contributed by atoms with Crippen molar-refractivity contribution < 1.29 is 8.42 Å². The highest BCUT2D eigenvalue weighted by Gasteiger charge is 2.12. The molecule has 0 heterocycles. The van der Waals surface area contributed by atoms with Gasteiger partial charge in [-0.2, -0.15) is 5.26 Å². The van der Waals surface area contributed by atoms with Crippen LogP contribution in [-0.4, -0.2) is 14.2 Å². The monoisotopic (exact) mass is 303 g/mol. The van der Waals surface area contributed by atoms with E-state index in [2.05, 4.69) is 20.7 Å². The van der Waals surface area contributed by atoms with Crippen LogP contribution in [0.5, 0.6) is 0 Å². The number of anilines is 2. The van der Waals surface area contributed by atoms with Crippen LogP contribution in [0.4, 0.5) is 11.4 Å². The lowest BCUT2D eigenvalue weighted by atomic mass is 10.2. The molecule has 0 unspecified atom stereocenters. The first-order valence-corrected chi connectivity index (χ1v) is 6.73. The number of nitrogens with two attached hydrogens (primary N) is 1. The Morgan fingerprint density at radius 2 is 2.19 bits per heavy atom. The number of sulfonamides is 1. The van der Waals surface area contributed by atoms with Gasteiger partial charge in [0, 0.05) is 10.2 Å². The maximum Gasteiger partial charge on any atom is 0.246 e. The van der Waals surface area contributed by atoms with Crippen LogP contribution >= 0.6 is 15.9 Å². The summed E-state index contributed by atoms with van der Waals surface area (Å²) in [5, 5.41) is 8.34. The van der Waals surface area contributed by atoms with Crippen molar-refractivity contribution in [3.8, 4) is 6.07 Å². The lowest BCUT2D eigenvalue weighted by molar-refractivity contribution is 0.604. The second-order valence-electron chi connectivity index (χ2n) is 3.21. The molecule has 5 nitrogen and oxygen atoms in total. The van der Waals surface area contributed by atoms with Gasteiger partial charge in [0.2, 0.25) is 10.0 Å². The Balaban J connectivity index is 3.08. The van der Waals surface area contributed by atoms with Crippen LogP contribution in [0.1, 0.15) is 5.56 Å². The number of aryl methyl sites for hydroxylation is 1. The van der Waals surface area contributed by atoms with Crippen LogP contribution in [0.3, 0.4) is 0 Å². The highest BCUT2D eigenvalue weighted by molar-refractivity contribution is 9.10. The number of benzene rings is 1.